The number of imidazole rings is 1. The molecule has 4 rings (SSSR count). The van der Waals surface area contributed by atoms with Crippen molar-refractivity contribution in [3.63, 3.8) is 0 Å². The van der Waals surface area contributed by atoms with E-state index >= 15 is 0 Å². The monoisotopic (exact) mass is 474 g/mol. The standard InChI is InChI=1S/C22H20Cl2N4O2S/c1-30-18-8-7-17(24)21-20(18)26-22(31-21)28(11-2-10-27-12-9-25-14-27)19(29)13-15-3-5-16(23)6-4-15/h3-9,12,14H,2,10-11,13H2,1H3. The number of thiazole rings is 1. The average molecular weight is 475 g/mol. The highest BCUT2D eigenvalue weighted by molar-refractivity contribution is 7.23. The van der Waals surface area contributed by atoms with Gasteiger partial charge in [-0.25, -0.2) is 9.97 Å². The van der Waals surface area contributed by atoms with Crippen LogP contribution < -0.4 is 9.64 Å². The number of anilines is 1. The third-order valence-electron chi connectivity index (χ3n) is 4.82. The number of ether oxygens (including phenoxy) is 1. The van der Waals surface area contributed by atoms with Crippen LogP contribution in [0.3, 0.4) is 0 Å². The van der Waals surface area contributed by atoms with Crippen LogP contribution in [0.15, 0.2) is 55.1 Å². The summed E-state index contributed by atoms with van der Waals surface area (Å²) in [7, 11) is 1.59. The van der Waals surface area contributed by atoms with Gasteiger partial charge in [0.2, 0.25) is 5.91 Å². The van der Waals surface area contributed by atoms with Crippen molar-refractivity contribution in [3.8, 4) is 5.75 Å². The Labute approximate surface area is 194 Å². The van der Waals surface area contributed by atoms with E-state index in [1.54, 1.807) is 48.8 Å². The molecule has 0 radical (unpaired) electrons. The molecule has 0 aliphatic carbocycles. The van der Waals surface area contributed by atoms with Gasteiger partial charge in [0.25, 0.3) is 0 Å². The Morgan fingerprint density at radius 2 is 2.00 bits per heavy atom. The summed E-state index contributed by atoms with van der Waals surface area (Å²) in [6.45, 7) is 1.27. The van der Waals surface area contributed by atoms with Crippen LogP contribution in [0.5, 0.6) is 5.75 Å². The molecule has 0 aliphatic rings. The zero-order valence-corrected chi connectivity index (χ0v) is 19.1. The largest absolute Gasteiger partial charge is 0.494 e. The van der Waals surface area contributed by atoms with Gasteiger partial charge in [-0.1, -0.05) is 46.7 Å². The van der Waals surface area contributed by atoms with Crippen molar-refractivity contribution >= 4 is 55.8 Å². The molecule has 4 aromatic rings. The van der Waals surface area contributed by atoms with Crippen LogP contribution in [0, 0.1) is 0 Å². The van der Waals surface area contributed by atoms with Gasteiger partial charge in [-0.2, -0.15) is 0 Å². The Hall–Kier alpha value is -2.61. The van der Waals surface area contributed by atoms with Crippen molar-refractivity contribution < 1.29 is 9.53 Å². The highest BCUT2D eigenvalue weighted by Gasteiger charge is 2.22. The lowest BCUT2D eigenvalue weighted by atomic mass is 10.1. The Morgan fingerprint density at radius 1 is 1.19 bits per heavy atom. The minimum Gasteiger partial charge on any atom is -0.494 e. The number of aromatic nitrogens is 3. The zero-order valence-electron chi connectivity index (χ0n) is 16.8. The van der Waals surface area contributed by atoms with Crippen molar-refractivity contribution in [1.29, 1.82) is 0 Å². The first-order valence-corrected chi connectivity index (χ1v) is 11.3. The Morgan fingerprint density at radius 3 is 2.71 bits per heavy atom. The molecule has 31 heavy (non-hydrogen) atoms. The molecule has 2 aromatic heterocycles. The smallest absolute Gasteiger partial charge is 0.233 e. The number of fused-ring (bicyclic) bond motifs is 1. The topological polar surface area (TPSA) is 60.2 Å². The number of hydrogen-bond donors (Lipinski definition) is 0. The van der Waals surface area contributed by atoms with Gasteiger partial charge < -0.3 is 9.30 Å². The first-order valence-electron chi connectivity index (χ1n) is 9.68. The molecular weight excluding hydrogens is 455 g/mol. The predicted molar refractivity (Wildman–Crippen MR) is 126 cm³/mol. The zero-order chi connectivity index (χ0) is 21.8. The summed E-state index contributed by atoms with van der Waals surface area (Å²) in [6.07, 6.45) is 6.42. The van der Waals surface area contributed by atoms with Gasteiger partial charge in [-0.15, -0.1) is 0 Å². The molecule has 0 bridgehead atoms. The average Bonchev–Trinajstić information content (AvgIpc) is 3.44. The van der Waals surface area contributed by atoms with E-state index in [2.05, 4.69) is 4.98 Å². The van der Waals surface area contributed by atoms with Crippen LogP contribution in [-0.4, -0.2) is 34.1 Å². The van der Waals surface area contributed by atoms with Crippen molar-refractivity contribution in [3.05, 3.63) is 70.7 Å². The van der Waals surface area contributed by atoms with E-state index in [9.17, 15) is 4.79 Å². The number of hydrogen-bond acceptors (Lipinski definition) is 5. The fourth-order valence-corrected chi connectivity index (χ4v) is 4.68. The van der Waals surface area contributed by atoms with Gasteiger partial charge in [0.15, 0.2) is 5.13 Å². The molecule has 2 aromatic carbocycles. The third-order valence-corrected chi connectivity index (χ3v) is 6.62. The number of nitrogens with zero attached hydrogens (tertiary/aromatic N) is 4. The highest BCUT2D eigenvalue weighted by atomic mass is 35.5. The lowest BCUT2D eigenvalue weighted by molar-refractivity contribution is -0.118. The summed E-state index contributed by atoms with van der Waals surface area (Å²) in [5.74, 6) is 0.590. The van der Waals surface area contributed by atoms with Crippen molar-refractivity contribution in [2.24, 2.45) is 0 Å². The molecule has 0 saturated carbocycles. The van der Waals surface area contributed by atoms with Crippen molar-refractivity contribution in [1.82, 2.24) is 14.5 Å². The molecule has 9 heteroatoms. The van der Waals surface area contributed by atoms with Crippen LogP contribution >= 0.6 is 34.5 Å². The normalized spacial score (nSPS) is 11.1. The molecule has 6 nitrogen and oxygen atoms in total. The first-order chi connectivity index (χ1) is 15.0. The molecule has 2 heterocycles. The lowest BCUT2D eigenvalue weighted by Gasteiger charge is -2.20. The summed E-state index contributed by atoms with van der Waals surface area (Å²) in [6, 6.07) is 10.9. The van der Waals surface area contributed by atoms with E-state index < -0.39 is 0 Å². The number of amides is 1. The molecule has 0 aliphatic heterocycles. The summed E-state index contributed by atoms with van der Waals surface area (Å²) >= 11 is 13.8. The van der Waals surface area contributed by atoms with Crippen LogP contribution in [0.25, 0.3) is 10.2 Å². The Kier molecular flexibility index (Phi) is 6.75. The third kappa shape index (κ3) is 5.01. The second-order valence-corrected chi connectivity index (χ2v) is 8.75. The second-order valence-electron chi connectivity index (χ2n) is 6.93. The van der Waals surface area contributed by atoms with Gasteiger partial charge in [-0.05, 0) is 36.2 Å². The quantitative estimate of drug-likeness (QED) is 0.339. The summed E-state index contributed by atoms with van der Waals surface area (Å²) < 4.78 is 8.22. The highest BCUT2D eigenvalue weighted by Crippen LogP contribution is 2.39. The number of benzene rings is 2. The molecule has 0 N–H and O–H groups in total. The molecule has 0 saturated heterocycles. The van der Waals surface area contributed by atoms with Gasteiger partial charge in [0, 0.05) is 30.5 Å². The summed E-state index contributed by atoms with van der Waals surface area (Å²) in [5, 5.41) is 1.83. The van der Waals surface area contributed by atoms with Gasteiger partial charge in [0.05, 0.1) is 29.6 Å². The lowest BCUT2D eigenvalue weighted by Crippen LogP contribution is -2.33. The van der Waals surface area contributed by atoms with Gasteiger partial charge in [-0.3, -0.25) is 9.69 Å². The fourth-order valence-electron chi connectivity index (χ4n) is 3.25. The maximum Gasteiger partial charge on any atom is 0.233 e. The maximum atomic E-state index is 13.3. The van der Waals surface area contributed by atoms with E-state index in [0.29, 0.717) is 33.0 Å². The molecule has 1 amide bonds. The number of halogens is 2. The minimum atomic E-state index is -0.0397. The maximum absolute atomic E-state index is 13.3. The summed E-state index contributed by atoms with van der Waals surface area (Å²) in [4.78, 5) is 23.8. The van der Waals surface area contributed by atoms with Gasteiger partial charge >= 0.3 is 0 Å². The van der Waals surface area contributed by atoms with E-state index in [1.807, 2.05) is 22.9 Å². The SMILES string of the molecule is COc1ccc(Cl)c2sc(N(CCCn3ccnc3)C(=O)Cc3ccc(Cl)cc3)nc12. The van der Waals surface area contributed by atoms with E-state index in [-0.39, 0.29) is 12.3 Å². The summed E-state index contributed by atoms with van der Waals surface area (Å²) in [5.41, 5.74) is 1.56. The predicted octanol–water partition coefficient (Wildman–Crippen LogP) is 5.47. The van der Waals surface area contributed by atoms with E-state index in [1.165, 1.54) is 11.3 Å². The van der Waals surface area contributed by atoms with Crippen molar-refractivity contribution in [2.45, 2.75) is 19.4 Å². The number of methoxy groups -OCH3 is 1. The molecule has 160 valence electrons. The fraction of sp³-hybridized carbons (Fsp3) is 0.227. The number of carbonyl (C=O) groups is 1. The van der Waals surface area contributed by atoms with Gasteiger partial charge in [0.1, 0.15) is 11.3 Å². The molecule has 0 fully saturated rings. The van der Waals surface area contributed by atoms with E-state index in [0.717, 1.165) is 23.2 Å². The Balaban J connectivity index is 1.62. The molecule has 0 unspecified atom stereocenters. The molecule has 0 atom stereocenters. The Bertz CT molecular complexity index is 1180. The minimum absolute atomic E-state index is 0.0397. The first kappa shape index (κ1) is 21.6. The second kappa shape index (κ2) is 9.68. The number of rotatable bonds is 8. The molecule has 0 spiro atoms. The number of aryl methyl sites for hydroxylation is 1. The van der Waals surface area contributed by atoms with Crippen LogP contribution in [-0.2, 0) is 17.8 Å². The van der Waals surface area contributed by atoms with E-state index in [4.69, 9.17) is 32.9 Å². The van der Waals surface area contributed by atoms with Crippen LogP contribution in [0.4, 0.5) is 5.13 Å². The molecular formula is C22H20Cl2N4O2S. The number of carbonyl (C=O) groups excluding carboxylic acids is 1. The van der Waals surface area contributed by atoms with Crippen LogP contribution in [0.2, 0.25) is 10.0 Å². The van der Waals surface area contributed by atoms with Crippen molar-refractivity contribution in [2.75, 3.05) is 18.6 Å². The van der Waals surface area contributed by atoms with Crippen LogP contribution in [0.1, 0.15) is 12.0 Å².